The Kier molecular flexibility index (Phi) is 6.13. The monoisotopic (exact) mass is 308 g/mol. The van der Waals surface area contributed by atoms with Crippen molar-refractivity contribution in [2.75, 3.05) is 26.1 Å². The van der Waals surface area contributed by atoms with Crippen molar-refractivity contribution in [3.8, 4) is 0 Å². The van der Waals surface area contributed by atoms with Gasteiger partial charge in [-0.1, -0.05) is 0 Å². The van der Waals surface area contributed by atoms with E-state index in [4.69, 9.17) is 0 Å². The third-order valence-electron chi connectivity index (χ3n) is 2.69. The molecule has 0 fully saturated rings. The summed E-state index contributed by atoms with van der Waals surface area (Å²) in [5.74, 6) is 0.795. The molecular weight excluding hydrogens is 288 g/mol. The van der Waals surface area contributed by atoms with Gasteiger partial charge in [0.25, 0.3) is 0 Å². The van der Waals surface area contributed by atoms with Gasteiger partial charge in [0.05, 0.1) is 4.90 Å². The van der Waals surface area contributed by atoms with Crippen LogP contribution in [0, 0.1) is 0 Å². The lowest BCUT2D eigenvalue weighted by atomic mass is 10.4. The van der Waals surface area contributed by atoms with Crippen LogP contribution in [-0.4, -0.2) is 44.9 Å². The smallest absolute Gasteiger partial charge is 0.243 e. The maximum Gasteiger partial charge on any atom is 0.243 e. The van der Waals surface area contributed by atoms with E-state index in [9.17, 15) is 8.42 Å². The normalized spacial score (nSPS) is 14.1. The third kappa shape index (κ3) is 3.71. The molecule has 1 unspecified atom stereocenters. The van der Waals surface area contributed by atoms with Gasteiger partial charge in [-0.15, -0.1) is 11.3 Å². The van der Waals surface area contributed by atoms with Crippen LogP contribution < -0.4 is 5.32 Å². The minimum Gasteiger partial charge on any atom is -0.315 e. The molecule has 18 heavy (non-hydrogen) atoms. The Morgan fingerprint density at radius 1 is 1.56 bits per heavy atom. The van der Waals surface area contributed by atoms with Crippen molar-refractivity contribution in [3.63, 3.8) is 0 Å². The van der Waals surface area contributed by atoms with Crippen LogP contribution in [0.25, 0.3) is 0 Å². The molecule has 0 spiro atoms. The van der Waals surface area contributed by atoms with E-state index in [0.29, 0.717) is 11.4 Å². The summed E-state index contributed by atoms with van der Waals surface area (Å²) in [5.41, 5.74) is 0. The molecule has 0 radical (unpaired) electrons. The molecule has 0 amide bonds. The highest BCUT2D eigenvalue weighted by Crippen LogP contribution is 2.23. The molecule has 1 N–H and O–H groups in total. The van der Waals surface area contributed by atoms with E-state index in [1.165, 1.54) is 15.6 Å². The quantitative estimate of drug-likeness (QED) is 0.835. The molecule has 1 rings (SSSR count). The van der Waals surface area contributed by atoms with Gasteiger partial charge in [0.15, 0.2) is 0 Å². The van der Waals surface area contributed by atoms with Crippen LogP contribution in [0.4, 0.5) is 0 Å². The Hall–Kier alpha value is -0.0800. The molecule has 0 bridgehead atoms. The van der Waals surface area contributed by atoms with Gasteiger partial charge in [-0.25, -0.2) is 8.42 Å². The summed E-state index contributed by atoms with van der Waals surface area (Å²) < 4.78 is 26.2. The number of rotatable bonds is 7. The van der Waals surface area contributed by atoms with Crippen molar-refractivity contribution in [1.29, 1.82) is 0 Å². The highest BCUT2D eigenvalue weighted by molar-refractivity contribution is 7.98. The topological polar surface area (TPSA) is 49.4 Å². The zero-order valence-corrected chi connectivity index (χ0v) is 13.6. The minimum atomic E-state index is -3.36. The molecule has 1 heterocycles. The fourth-order valence-corrected chi connectivity index (χ4v) is 4.95. The van der Waals surface area contributed by atoms with E-state index in [0.717, 1.165) is 10.6 Å². The summed E-state index contributed by atoms with van der Waals surface area (Å²) in [4.78, 5) is 1.43. The van der Waals surface area contributed by atoms with Gasteiger partial charge in [-0.2, -0.15) is 16.1 Å². The highest BCUT2D eigenvalue weighted by Gasteiger charge is 2.25. The molecule has 0 aliphatic carbocycles. The Labute approximate surface area is 118 Å². The molecule has 0 saturated heterocycles. The summed E-state index contributed by atoms with van der Waals surface area (Å²) >= 11 is 3.12. The fourth-order valence-electron chi connectivity index (χ4n) is 1.51. The van der Waals surface area contributed by atoms with Gasteiger partial charge >= 0.3 is 0 Å². The average Bonchev–Trinajstić information content (AvgIpc) is 2.78. The summed E-state index contributed by atoms with van der Waals surface area (Å²) in [5, 5.41) is 4.73. The summed E-state index contributed by atoms with van der Waals surface area (Å²) in [6.45, 7) is 2.62. The second-order valence-electron chi connectivity index (χ2n) is 4.10. The first-order chi connectivity index (χ1) is 8.43. The standard InChI is InChI=1S/C11H20N2O2S3/c1-9(7-16-4)13(3)18(14,15)11-5-10(6-12-2)17-8-11/h5,8-9,12H,6-7H2,1-4H3. The Balaban J connectivity index is 2.90. The van der Waals surface area contributed by atoms with Crippen molar-refractivity contribution in [3.05, 3.63) is 16.3 Å². The first kappa shape index (κ1) is 16.0. The first-order valence-corrected chi connectivity index (χ1v) is 9.33. The predicted molar refractivity (Wildman–Crippen MR) is 79.9 cm³/mol. The van der Waals surface area contributed by atoms with E-state index in [1.54, 1.807) is 30.3 Å². The van der Waals surface area contributed by atoms with Gasteiger partial charge < -0.3 is 5.32 Å². The predicted octanol–water partition coefficient (Wildman–Crippen LogP) is 1.84. The Morgan fingerprint density at radius 3 is 2.78 bits per heavy atom. The van der Waals surface area contributed by atoms with Crippen LogP contribution in [-0.2, 0) is 16.6 Å². The van der Waals surface area contributed by atoms with Gasteiger partial charge in [-0.05, 0) is 26.3 Å². The van der Waals surface area contributed by atoms with Crippen molar-refractivity contribution >= 4 is 33.1 Å². The van der Waals surface area contributed by atoms with Crippen LogP contribution >= 0.6 is 23.1 Å². The van der Waals surface area contributed by atoms with Gasteiger partial charge in [0.2, 0.25) is 10.0 Å². The maximum absolute atomic E-state index is 12.4. The SMILES string of the molecule is CNCc1cc(S(=O)(=O)N(C)C(C)CSC)cs1. The van der Waals surface area contributed by atoms with Crippen LogP contribution in [0.3, 0.4) is 0 Å². The van der Waals surface area contributed by atoms with Crippen molar-refractivity contribution < 1.29 is 8.42 Å². The Morgan fingerprint density at radius 2 is 2.22 bits per heavy atom. The molecule has 4 nitrogen and oxygen atoms in total. The van der Waals surface area contributed by atoms with Crippen LogP contribution in [0.5, 0.6) is 0 Å². The van der Waals surface area contributed by atoms with E-state index >= 15 is 0 Å². The largest absolute Gasteiger partial charge is 0.315 e. The summed E-state index contributed by atoms with van der Waals surface area (Å²) in [6, 6.07) is 1.75. The number of thiophene rings is 1. The molecule has 0 aromatic carbocycles. The zero-order chi connectivity index (χ0) is 13.8. The molecule has 104 valence electrons. The summed E-state index contributed by atoms with van der Waals surface area (Å²) in [6.07, 6.45) is 1.98. The Bertz CT molecular complexity index is 470. The number of thioether (sulfide) groups is 1. The minimum absolute atomic E-state index is 0.00218. The van der Waals surface area contributed by atoms with E-state index in [-0.39, 0.29) is 6.04 Å². The van der Waals surface area contributed by atoms with Gasteiger partial charge in [0.1, 0.15) is 0 Å². The van der Waals surface area contributed by atoms with Gasteiger partial charge in [-0.3, -0.25) is 0 Å². The third-order valence-corrected chi connectivity index (χ3v) is 6.54. The molecular formula is C11H20N2O2S3. The van der Waals surface area contributed by atoms with Crippen molar-refractivity contribution in [2.24, 2.45) is 0 Å². The average molecular weight is 308 g/mol. The van der Waals surface area contributed by atoms with Crippen LogP contribution in [0.1, 0.15) is 11.8 Å². The molecule has 0 aliphatic heterocycles. The second kappa shape index (κ2) is 6.91. The number of sulfonamides is 1. The van der Waals surface area contributed by atoms with E-state index < -0.39 is 10.0 Å². The molecule has 0 saturated carbocycles. The molecule has 1 aromatic rings. The number of nitrogens with one attached hydrogen (secondary N) is 1. The van der Waals surface area contributed by atoms with Crippen molar-refractivity contribution in [2.45, 2.75) is 24.4 Å². The zero-order valence-electron chi connectivity index (χ0n) is 11.1. The molecule has 1 aromatic heterocycles. The second-order valence-corrected chi connectivity index (χ2v) is 8.01. The number of nitrogens with zero attached hydrogens (tertiary/aromatic N) is 1. The lowest BCUT2D eigenvalue weighted by molar-refractivity contribution is 0.415. The lowest BCUT2D eigenvalue weighted by Gasteiger charge is -2.23. The van der Waals surface area contributed by atoms with Crippen LogP contribution in [0.15, 0.2) is 16.3 Å². The summed E-state index contributed by atoms with van der Waals surface area (Å²) in [7, 11) is 0.137. The molecule has 0 aliphatic rings. The fraction of sp³-hybridized carbons (Fsp3) is 0.636. The highest BCUT2D eigenvalue weighted by atomic mass is 32.2. The van der Waals surface area contributed by atoms with Crippen molar-refractivity contribution in [1.82, 2.24) is 9.62 Å². The number of hydrogen-bond donors (Lipinski definition) is 1. The van der Waals surface area contributed by atoms with Gasteiger partial charge in [0, 0.05) is 35.6 Å². The maximum atomic E-state index is 12.4. The first-order valence-electron chi connectivity index (χ1n) is 5.62. The lowest BCUT2D eigenvalue weighted by Crippen LogP contribution is -2.36. The molecule has 1 atom stereocenters. The van der Waals surface area contributed by atoms with E-state index in [1.807, 2.05) is 20.2 Å². The van der Waals surface area contributed by atoms with E-state index in [2.05, 4.69) is 5.32 Å². The van der Waals surface area contributed by atoms with Crippen LogP contribution in [0.2, 0.25) is 0 Å². The molecule has 7 heteroatoms. The number of hydrogen-bond acceptors (Lipinski definition) is 5.